The van der Waals surface area contributed by atoms with Gasteiger partial charge in [-0.15, -0.1) is 6.58 Å². The van der Waals surface area contributed by atoms with Gasteiger partial charge in [0, 0.05) is 39.3 Å². The highest BCUT2D eigenvalue weighted by Crippen LogP contribution is 2.24. The summed E-state index contributed by atoms with van der Waals surface area (Å²) in [6.45, 7) is 10.1. The van der Waals surface area contributed by atoms with Gasteiger partial charge in [-0.3, -0.25) is 9.80 Å². The van der Waals surface area contributed by atoms with Gasteiger partial charge in [0.05, 0.1) is 19.8 Å². The molecule has 2 aliphatic rings. The van der Waals surface area contributed by atoms with E-state index < -0.39 is 11.6 Å². The number of hydrogen-bond acceptors (Lipinski definition) is 4. The minimum atomic E-state index is -0.811. The van der Waals surface area contributed by atoms with Crippen LogP contribution in [0.4, 0.5) is 8.78 Å². The van der Waals surface area contributed by atoms with Crippen molar-refractivity contribution in [3.63, 3.8) is 0 Å². The third-order valence-corrected chi connectivity index (χ3v) is 4.53. The average Bonchev–Trinajstić information content (AvgIpc) is 2.74. The van der Waals surface area contributed by atoms with Crippen LogP contribution in [-0.2, 0) is 16.0 Å². The Morgan fingerprint density at radius 3 is 2.71 bits per heavy atom. The molecule has 0 N–H and O–H groups in total. The molecule has 3 rings (SSSR count). The zero-order chi connectivity index (χ0) is 17.0. The summed E-state index contributed by atoms with van der Waals surface area (Å²) in [5.41, 5.74) is 0.388. The molecule has 0 bridgehead atoms. The van der Waals surface area contributed by atoms with Crippen molar-refractivity contribution in [1.29, 1.82) is 0 Å². The normalized spacial score (nSPS) is 26.4. The van der Waals surface area contributed by atoms with E-state index in [0.29, 0.717) is 32.9 Å². The molecule has 1 atom stereocenters. The van der Waals surface area contributed by atoms with Crippen molar-refractivity contribution in [2.24, 2.45) is 0 Å². The zero-order valence-corrected chi connectivity index (χ0v) is 13.8. The second kappa shape index (κ2) is 7.70. The largest absolute Gasteiger partial charge is 0.377 e. The first-order valence-electron chi connectivity index (χ1n) is 8.31. The Morgan fingerprint density at radius 1 is 1.12 bits per heavy atom. The molecule has 4 nitrogen and oxygen atoms in total. The van der Waals surface area contributed by atoms with Gasteiger partial charge in [0.2, 0.25) is 0 Å². The van der Waals surface area contributed by atoms with Crippen LogP contribution in [0, 0.1) is 11.6 Å². The van der Waals surface area contributed by atoms with Gasteiger partial charge < -0.3 is 9.47 Å². The van der Waals surface area contributed by atoms with Gasteiger partial charge in [-0.05, 0) is 17.7 Å². The van der Waals surface area contributed by atoms with E-state index in [1.54, 1.807) is 6.07 Å². The predicted octanol–water partition coefficient (Wildman–Crippen LogP) is 2.05. The highest BCUT2D eigenvalue weighted by atomic mass is 19.2. The zero-order valence-electron chi connectivity index (χ0n) is 13.8. The molecular weight excluding hydrogens is 314 g/mol. The SMILES string of the molecule is C=CCN1CCOCC2(C1)CN(Cc1ccc(F)c(F)c1)CCO2. The quantitative estimate of drug-likeness (QED) is 0.785. The van der Waals surface area contributed by atoms with E-state index in [0.717, 1.165) is 31.7 Å². The molecule has 132 valence electrons. The van der Waals surface area contributed by atoms with E-state index in [1.807, 2.05) is 6.08 Å². The Morgan fingerprint density at radius 2 is 1.92 bits per heavy atom. The van der Waals surface area contributed by atoms with Crippen molar-refractivity contribution < 1.29 is 18.3 Å². The fraction of sp³-hybridized carbons (Fsp3) is 0.556. The van der Waals surface area contributed by atoms with Crippen molar-refractivity contribution in [1.82, 2.24) is 9.80 Å². The first-order chi connectivity index (χ1) is 11.6. The van der Waals surface area contributed by atoms with Crippen LogP contribution in [0.15, 0.2) is 30.9 Å². The Labute approximate surface area is 141 Å². The molecule has 0 amide bonds. The average molecular weight is 338 g/mol. The number of nitrogens with zero attached hydrogens (tertiary/aromatic N) is 2. The second-order valence-electron chi connectivity index (χ2n) is 6.57. The molecular formula is C18H24F2N2O2. The molecule has 1 spiro atoms. The van der Waals surface area contributed by atoms with E-state index in [4.69, 9.17) is 9.47 Å². The van der Waals surface area contributed by atoms with E-state index in [-0.39, 0.29) is 5.60 Å². The minimum Gasteiger partial charge on any atom is -0.377 e. The number of benzene rings is 1. The molecule has 0 radical (unpaired) electrons. The topological polar surface area (TPSA) is 24.9 Å². The summed E-state index contributed by atoms with van der Waals surface area (Å²) in [4.78, 5) is 4.50. The summed E-state index contributed by atoms with van der Waals surface area (Å²) in [6.07, 6.45) is 1.89. The smallest absolute Gasteiger partial charge is 0.159 e. The summed E-state index contributed by atoms with van der Waals surface area (Å²) in [5.74, 6) is -1.61. The highest BCUT2D eigenvalue weighted by Gasteiger charge is 2.40. The van der Waals surface area contributed by atoms with Crippen LogP contribution in [0.5, 0.6) is 0 Å². The van der Waals surface area contributed by atoms with Gasteiger partial charge in [-0.2, -0.15) is 0 Å². The summed E-state index contributed by atoms with van der Waals surface area (Å²) >= 11 is 0. The minimum absolute atomic E-state index is 0.379. The molecule has 1 aromatic carbocycles. The van der Waals surface area contributed by atoms with Gasteiger partial charge in [0.25, 0.3) is 0 Å². The molecule has 1 aromatic rings. The van der Waals surface area contributed by atoms with E-state index in [2.05, 4.69) is 16.4 Å². The number of rotatable bonds is 4. The van der Waals surface area contributed by atoms with Crippen molar-refractivity contribution in [3.8, 4) is 0 Å². The van der Waals surface area contributed by atoms with Crippen molar-refractivity contribution in [2.75, 3.05) is 52.5 Å². The van der Waals surface area contributed by atoms with Crippen LogP contribution in [0.2, 0.25) is 0 Å². The highest BCUT2D eigenvalue weighted by molar-refractivity contribution is 5.18. The van der Waals surface area contributed by atoms with E-state index in [1.165, 1.54) is 12.1 Å². The number of halogens is 2. The van der Waals surface area contributed by atoms with E-state index >= 15 is 0 Å². The summed E-state index contributed by atoms with van der Waals surface area (Å²) < 4.78 is 38.4. The molecule has 1 unspecified atom stereocenters. The Kier molecular flexibility index (Phi) is 5.61. The molecule has 6 heteroatoms. The van der Waals surface area contributed by atoms with Gasteiger partial charge in [0.1, 0.15) is 5.60 Å². The monoisotopic (exact) mass is 338 g/mol. The lowest BCUT2D eigenvalue weighted by Gasteiger charge is -2.43. The lowest BCUT2D eigenvalue weighted by atomic mass is 10.0. The van der Waals surface area contributed by atoms with Crippen molar-refractivity contribution in [3.05, 3.63) is 48.1 Å². The lowest BCUT2D eigenvalue weighted by Crippen LogP contribution is -2.58. The molecule has 2 aliphatic heterocycles. The van der Waals surface area contributed by atoms with Crippen molar-refractivity contribution in [2.45, 2.75) is 12.1 Å². The summed E-state index contributed by atoms with van der Waals surface area (Å²) in [7, 11) is 0. The fourth-order valence-electron chi connectivity index (χ4n) is 3.46. The molecule has 2 heterocycles. The van der Waals surface area contributed by atoms with Crippen LogP contribution in [-0.4, -0.2) is 67.9 Å². The van der Waals surface area contributed by atoms with Gasteiger partial charge in [-0.25, -0.2) is 8.78 Å². The Bertz CT molecular complexity index is 584. The molecule has 0 saturated carbocycles. The third-order valence-electron chi connectivity index (χ3n) is 4.53. The number of morpholine rings is 1. The molecule has 2 saturated heterocycles. The lowest BCUT2D eigenvalue weighted by molar-refractivity contribution is -0.142. The van der Waals surface area contributed by atoms with Crippen LogP contribution in [0.1, 0.15) is 5.56 Å². The van der Waals surface area contributed by atoms with E-state index in [9.17, 15) is 8.78 Å². The van der Waals surface area contributed by atoms with Gasteiger partial charge in [0.15, 0.2) is 11.6 Å². The molecule has 2 fully saturated rings. The van der Waals surface area contributed by atoms with Gasteiger partial charge >= 0.3 is 0 Å². The first kappa shape index (κ1) is 17.5. The van der Waals surface area contributed by atoms with Gasteiger partial charge in [-0.1, -0.05) is 12.1 Å². The second-order valence-corrected chi connectivity index (χ2v) is 6.57. The number of ether oxygens (including phenoxy) is 2. The molecule has 0 aliphatic carbocycles. The Balaban J connectivity index is 1.68. The first-order valence-corrected chi connectivity index (χ1v) is 8.31. The predicted molar refractivity (Wildman–Crippen MR) is 87.8 cm³/mol. The molecule has 0 aromatic heterocycles. The third kappa shape index (κ3) is 4.19. The molecule has 24 heavy (non-hydrogen) atoms. The standard InChI is InChI=1S/C18H24F2N2O2/c1-2-5-21-6-8-23-14-18(12-21)13-22(7-9-24-18)11-15-3-4-16(19)17(20)10-15/h2-4,10H,1,5-9,11-14H2. The number of hydrogen-bond donors (Lipinski definition) is 0. The summed E-state index contributed by atoms with van der Waals surface area (Å²) in [6, 6.07) is 4.08. The maximum Gasteiger partial charge on any atom is 0.159 e. The van der Waals surface area contributed by atoms with Crippen LogP contribution >= 0.6 is 0 Å². The maximum absolute atomic E-state index is 13.4. The fourth-order valence-corrected chi connectivity index (χ4v) is 3.46. The van der Waals surface area contributed by atoms with Crippen LogP contribution in [0.3, 0.4) is 0 Å². The maximum atomic E-state index is 13.4. The van der Waals surface area contributed by atoms with Crippen LogP contribution in [0.25, 0.3) is 0 Å². The van der Waals surface area contributed by atoms with Crippen molar-refractivity contribution >= 4 is 0 Å². The summed E-state index contributed by atoms with van der Waals surface area (Å²) in [5, 5.41) is 0. The Hall–Kier alpha value is -1.34. The van der Waals surface area contributed by atoms with Crippen LogP contribution < -0.4 is 0 Å².